The van der Waals surface area contributed by atoms with Crippen LogP contribution in [0.1, 0.15) is 77.2 Å². The van der Waals surface area contributed by atoms with E-state index in [1.165, 1.54) is 38.5 Å². The topological polar surface area (TPSA) is 75.4 Å². The number of aryl methyl sites for hydroxylation is 1. The molecule has 0 saturated heterocycles. The van der Waals surface area contributed by atoms with Crippen molar-refractivity contribution < 1.29 is 9.90 Å². The van der Waals surface area contributed by atoms with E-state index in [0.29, 0.717) is 12.1 Å². The number of amides is 1. The highest BCUT2D eigenvalue weighted by Gasteiger charge is 2.11. The SMILES string of the molecule is CCCCCCCCCc1ccc(NC(=O)CCC)c(N)c1O. The normalized spacial score (nSPS) is 10.7. The first-order valence-electron chi connectivity index (χ1n) is 9.00. The maximum absolute atomic E-state index is 11.6. The molecule has 0 aromatic heterocycles. The minimum atomic E-state index is -0.0709. The number of aromatic hydroxyl groups is 1. The third-order valence-corrected chi connectivity index (χ3v) is 4.10. The maximum atomic E-state index is 11.6. The fourth-order valence-corrected chi connectivity index (χ4v) is 2.68. The molecule has 0 radical (unpaired) electrons. The number of anilines is 2. The lowest BCUT2D eigenvalue weighted by Gasteiger charge is -2.12. The van der Waals surface area contributed by atoms with E-state index in [0.717, 1.165) is 24.8 Å². The first-order valence-corrected chi connectivity index (χ1v) is 9.00. The highest BCUT2D eigenvalue weighted by Crippen LogP contribution is 2.33. The molecule has 1 amide bonds. The Balaban J connectivity index is 2.45. The summed E-state index contributed by atoms with van der Waals surface area (Å²) >= 11 is 0. The van der Waals surface area contributed by atoms with Gasteiger partial charge in [0.05, 0.1) is 11.4 Å². The molecule has 4 nitrogen and oxygen atoms in total. The summed E-state index contributed by atoms with van der Waals surface area (Å²) in [5.74, 6) is 0.0451. The van der Waals surface area contributed by atoms with Gasteiger partial charge in [-0.2, -0.15) is 0 Å². The van der Waals surface area contributed by atoms with Gasteiger partial charge in [0, 0.05) is 6.42 Å². The molecule has 130 valence electrons. The van der Waals surface area contributed by atoms with Gasteiger partial charge in [0.1, 0.15) is 5.75 Å². The molecule has 0 heterocycles. The molecule has 0 fully saturated rings. The van der Waals surface area contributed by atoms with E-state index in [1.54, 1.807) is 6.07 Å². The summed E-state index contributed by atoms with van der Waals surface area (Å²) in [7, 11) is 0. The number of nitrogens with two attached hydrogens (primary N) is 1. The van der Waals surface area contributed by atoms with Crippen molar-refractivity contribution in [2.45, 2.75) is 78.1 Å². The summed E-state index contributed by atoms with van der Waals surface area (Å²) < 4.78 is 0. The number of carbonyl (C=O) groups excluding carboxylic acids is 1. The van der Waals surface area contributed by atoms with E-state index in [4.69, 9.17) is 5.73 Å². The van der Waals surface area contributed by atoms with E-state index in [2.05, 4.69) is 12.2 Å². The molecule has 0 atom stereocenters. The van der Waals surface area contributed by atoms with Crippen molar-refractivity contribution in [1.82, 2.24) is 0 Å². The van der Waals surface area contributed by atoms with Crippen molar-refractivity contribution in [3.05, 3.63) is 17.7 Å². The maximum Gasteiger partial charge on any atom is 0.224 e. The molecule has 4 N–H and O–H groups in total. The number of rotatable bonds is 11. The molecule has 0 bridgehead atoms. The zero-order valence-electron chi connectivity index (χ0n) is 14.7. The molecule has 0 unspecified atom stereocenters. The van der Waals surface area contributed by atoms with Crippen LogP contribution in [0.5, 0.6) is 5.75 Å². The quantitative estimate of drug-likeness (QED) is 0.305. The molecule has 0 aliphatic rings. The molecular formula is C19H32N2O2. The van der Waals surface area contributed by atoms with Crippen LogP contribution in [-0.2, 0) is 11.2 Å². The third-order valence-electron chi connectivity index (χ3n) is 4.10. The van der Waals surface area contributed by atoms with Crippen LogP contribution >= 0.6 is 0 Å². The zero-order chi connectivity index (χ0) is 17.1. The minimum Gasteiger partial charge on any atom is -0.505 e. The Hall–Kier alpha value is -1.71. The predicted octanol–water partition coefficient (Wildman–Crippen LogP) is 5.01. The van der Waals surface area contributed by atoms with Gasteiger partial charge in [-0.15, -0.1) is 0 Å². The zero-order valence-corrected chi connectivity index (χ0v) is 14.7. The highest BCUT2D eigenvalue weighted by atomic mass is 16.3. The first kappa shape index (κ1) is 19.3. The fraction of sp³-hybridized carbons (Fsp3) is 0.632. The van der Waals surface area contributed by atoms with Crippen molar-refractivity contribution >= 4 is 17.3 Å². The van der Waals surface area contributed by atoms with Crippen molar-refractivity contribution in [2.24, 2.45) is 0 Å². The molecule has 0 aliphatic carbocycles. The molecular weight excluding hydrogens is 288 g/mol. The van der Waals surface area contributed by atoms with Crippen LogP contribution in [0.3, 0.4) is 0 Å². The monoisotopic (exact) mass is 320 g/mol. The average Bonchev–Trinajstić information content (AvgIpc) is 2.53. The molecule has 1 aromatic rings. The van der Waals surface area contributed by atoms with Crippen LogP contribution in [0.4, 0.5) is 11.4 Å². The summed E-state index contributed by atoms with van der Waals surface area (Å²) in [6.07, 6.45) is 10.8. The number of unbranched alkanes of at least 4 members (excludes halogenated alkanes) is 6. The second-order valence-electron chi connectivity index (χ2n) is 6.20. The largest absolute Gasteiger partial charge is 0.505 e. The van der Waals surface area contributed by atoms with Gasteiger partial charge < -0.3 is 16.2 Å². The smallest absolute Gasteiger partial charge is 0.224 e. The van der Waals surface area contributed by atoms with Crippen molar-refractivity contribution in [2.75, 3.05) is 11.1 Å². The summed E-state index contributed by atoms with van der Waals surface area (Å²) in [6.45, 7) is 4.17. The van der Waals surface area contributed by atoms with Crippen LogP contribution in [0.2, 0.25) is 0 Å². The highest BCUT2D eigenvalue weighted by molar-refractivity contribution is 5.95. The summed E-state index contributed by atoms with van der Waals surface area (Å²) in [5, 5.41) is 13.0. The van der Waals surface area contributed by atoms with Crippen LogP contribution in [0, 0.1) is 0 Å². The Morgan fingerprint density at radius 1 is 1.04 bits per heavy atom. The number of nitrogens with one attached hydrogen (secondary N) is 1. The second kappa shape index (κ2) is 10.9. The van der Waals surface area contributed by atoms with E-state index in [9.17, 15) is 9.90 Å². The van der Waals surface area contributed by atoms with Crippen LogP contribution in [-0.4, -0.2) is 11.0 Å². The number of hydrogen-bond acceptors (Lipinski definition) is 3. The molecule has 0 saturated carbocycles. The van der Waals surface area contributed by atoms with Crippen molar-refractivity contribution in [1.29, 1.82) is 0 Å². The van der Waals surface area contributed by atoms with Gasteiger partial charge in [0.25, 0.3) is 0 Å². The lowest BCUT2D eigenvalue weighted by Crippen LogP contribution is -2.12. The Bertz CT molecular complexity index is 487. The lowest BCUT2D eigenvalue weighted by molar-refractivity contribution is -0.116. The number of nitrogen functional groups attached to an aromatic ring is 1. The molecule has 1 rings (SSSR count). The lowest BCUT2D eigenvalue weighted by atomic mass is 10.0. The number of phenolic OH excluding ortho intramolecular Hbond substituents is 1. The standard InChI is InChI=1S/C19H32N2O2/c1-3-5-6-7-8-9-10-12-15-13-14-16(18(20)19(15)23)21-17(22)11-4-2/h13-14,23H,3-12,20H2,1-2H3,(H,21,22). The Labute approximate surface area is 140 Å². The molecule has 0 aliphatic heterocycles. The van der Waals surface area contributed by atoms with Crippen LogP contribution < -0.4 is 11.1 Å². The summed E-state index contributed by atoms with van der Waals surface area (Å²) in [4.78, 5) is 11.6. The summed E-state index contributed by atoms with van der Waals surface area (Å²) in [5.41, 5.74) is 7.59. The van der Waals surface area contributed by atoms with Gasteiger partial charge in [-0.25, -0.2) is 0 Å². The van der Waals surface area contributed by atoms with Crippen molar-refractivity contribution in [3.8, 4) is 5.75 Å². The molecule has 1 aromatic carbocycles. The number of carbonyl (C=O) groups is 1. The number of phenols is 1. The Morgan fingerprint density at radius 3 is 2.35 bits per heavy atom. The first-order chi connectivity index (χ1) is 11.1. The molecule has 0 spiro atoms. The van der Waals surface area contributed by atoms with E-state index < -0.39 is 0 Å². The number of benzene rings is 1. The van der Waals surface area contributed by atoms with E-state index in [-0.39, 0.29) is 17.3 Å². The van der Waals surface area contributed by atoms with Gasteiger partial charge in [-0.1, -0.05) is 58.4 Å². The van der Waals surface area contributed by atoms with Gasteiger partial charge in [-0.05, 0) is 30.9 Å². The second-order valence-corrected chi connectivity index (χ2v) is 6.20. The fourth-order valence-electron chi connectivity index (χ4n) is 2.68. The summed E-state index contributed by atoms with van der Waals surface area (Å²) in [6, 6.07) is 3.66. The van der Waals surface area contributed by atoms with Gasteiger partial charge in [-0.3, -0.25) is 4.79 Å². The van der Waals surface area contributed by atoms with E-state index in [1.807, 2.05) is 13.0 Å². The van der Waals surface area contributed by atoms with Gasteiger partial charge in [0.15, 0.2) is 0 Å². The minimum absolute atomic E-state index is 0.0709. The van der Waals surface area contributed by atoms with Gasteiger partial charge >= 0.3 is 0 Å². The Morgan fingerprint density at radius 2 is 1.70 bits per heavy atom. The van der Waals surface area contributed by atoms with Crippen LogP contribution in [0.15, 0.2) is 12.1 Å². The third kappa shape index (κ3) is 6.93. The number of hydrogen-bond donors (Lipinski definition) is 3. The Kier molecular flexibility index (Phi) is 9.18. The molecule has 4 heteroatoms. The average molecular weight is 320 g/mol. The molecule has 23 heavy (non-hydrogen) atoms. The van der Waals surface area contributed by atoms with E-state index >= 15 is 0 Å². The van der Waals surface area contributed by atoms with Crippen molar-refractivity contribution in [3.63, 3.8) is 0 Å². The predicted molar refractivity (Wildman–Crippen MR) is 97.8 cm³/mol. The van der Waals surface area contributed by atoms with Gasteiger partial charge in [0.2, 0.25) is 5.91 Å². The van der Waals surface area contributed by atoms with Crippen LogP contribution in [0.25, 0.3) is 0 Å².